The molecule has 27 heavy (non-hydrogen) atoms. The number of nitrogens with zero attached hydrogens (tertiary/aromatic N) is 1. The molecule has 1 unspecified atom stereocenters. The molecule has 3 saturated carbocycles. The van der Waals surface area contributed by atoms with E-state index in [9.17, 15) is 4.79 Å². The van der Waals surface area contributed by atoms with Crippen molar-refractivity contribution < 1.29 is 14.1 Å². The largest absolute Gasteiger partial charge is 0.459 e. The highest BCUT2D eigenvalue weighted by Crippen LogP contribution is 2.59. The SMILES string of the molecule is O=C(OC1C[C@H]2CC[C@@H](C1)N2)c1c(C2CCC3(CC2)CC3)noc1C1CC1. The lowest BCUT2D eigenvalue weighted by Gasteiger charge is -2.29. The summed E-state index contributed by atoms with van der Waals surface area (Å²) in [6.45, 7) is 0. The molecule has 6 rings (SSSR count). The van der Waals surface area contributed by atoms with Gasteiger partial charge in [0.25, 0.3) is 0 Å². The normalized spacial score (nSPS) is 34.7. The van der Waals surface area contributed by atoms with Crippen molar-refractivity contribution in [1.29, 1.82) is 0 Å². The first-order valence-corrected chi connectivity index (χ1v) is 11.2. The van der Waals surface area contributed by atoms with Crippen LogP contribution in [0.3, 0.4) is 0 Å². The van der Waals surface area contributed by atoms with Gasteiger partial charge in [-0.15, -0.1) is 0 Å². The molecule has 3 atom stereocenters. The molecule has 1 N–H and O–H groups in total. The minimum Gasteiger partial charge on any atom is -0.459 e. The Bertz CT molecular complexity index is 727. The zero-order valence-electron chi connectivity index (χ0n) is 16.0. The number of fused-ring (bicyclic) bond motifs is 2. The van der Waals surface area contributed by atoms with Crippen molar-refractivity contribution >= 4 is 5.97 Å². The van der Waals surface area contributed by atoms with E-state index in [1.165, 1.54) is 38.5 Å². The predicted molar refractivity (Wildman–Crippen MR) is 99.7 cm³/mol. The van der Waals surface area contributed by atoms with Crippen molar-refractivity contribution in [3.8, 4) is 0 Å². The number of nitrogens with one attached hydrogen (secondary N) is 1. The Labute approximate surface area is 160 Å². The molecule has 3 heterocycles. The molecule has 5 nitrogen and oxygen atoms in total. The fraction of sp³-hybridized carbons (Fsp3) is 0.818. The smallest absolute Gasteiger partial charge is 0.344 e. The highest BCUT2D eigenvalue weighted by molar-refractivity contribution is 5.92. The lowest BCUT2D eigenvalue weighted by atomic mass is 9.77. The van der Waals surface area contributed by atoms with Gasteiger partial charge in [0.2, 0.25) is 0 Å². The molecular weight excluding hydrogens is 340 g/mol. The van der Waals surface area contributed by atoms with E-state index in [1.807, 2.05) is 0 Å². The maximum atomic E-state index is 13.2. The van der Waals surface area contributed by atoms with Crippen LogP contribution in [0, 0.1) is 5.41 Å². The van der Waals surface area contributed by atoms with Crippen LogP contribution >= 0.6 is 0 Å². The van der Waals surface area contributed by atoms with E-state index in [0.29, 0.717) is 34.9 Å². The molecule has 0 aromatic carbocycles. The van der Waals surface area contributed by atoms with Gasteiger partial charge in [-0.3, -0.25) is 0 Å². The second-order valence-electron chi connectivity index (χ2n) is 9.99. The van der Waals surface area contributed by atoms with Crippen LogP contribution in [0.5, 0.6) is 0 Å². The Morgan fingerprint density at radius 2 is 1.67 bits per heavy atom. The van der Waals surface area contributed by atoms with Crippen LogP contribution in [0.1, 0.15) is 111 Å². The average molecular weight is 370 g/mol. The van der Waals surface area contributed by atoms with Crippen molar-refractivity contribution in [3.63, 3.8) is 0 Å². The molecule has 1 aromatic rings. The van der Waals surface area contributed by atoms with Gasteiger partial charge in [-0.2, -0.15) is 0 Å². The van der Waals surface area contributed by atoms with Crippen molar-refractivity contribution in [2.24, 2.45) is 5.41 Å². The van der Waals surface area contributed by atoms with Crippen molar-refractivity contribution in [1.82, 2.24) is 10.5 Å². The van der Waals surface area contributed by atoms with Crippen LogP contribution in [0.4, 0.5) is 0 Å². The predicted octanol–water partition coefficient (Wildman–Crippen LogP) is 4.43. The van der Waals surface area contributed by atoms with Gasteiger partial charge in [0, 0.05) is 23.9 Å². The molecule has 2 aliphatic heterocycles. The van der Waals surface area contributed by atoms with Crippen LogP contribution in [0.25, 0.3) is 0 Å². The zero-order chi connectivity index (χ0) is 18.0. The van der Waals surface area contributed by atoms with Gasteiger partial charge in [0.1, 0.15) is 17.4 Å². The van der Waals surface area contributed by atoms with Gasteiger partial charge in [0.05, 0.1) is 0 Å². The Morgan fingerprint density at radius 1 is 0.963 bits per heavy atom. The summed E-state index contributed by atoms with van der Waals surface area (Å²) in [5, 5.41) is 8.06. The highest BCUT2D eigenvalue weighted by atomic mass is 16.5. The molecule has 146 valence electrons. The van der Waals surface area contributed by atoms with Gasteiger partial charge in [-0.05, 0) is 82.5 Å². The number of aromatic nitrogens is 1. The summed E-state index contributed by atoms with van der Waals surface area (Å²) < 4.78 is 11.8. The molecule has 2 saturated heterocycles. The van der Waals surface area contributed by atoms with Crippen molar-refractivity contribution in [3.05, 3.63) is 17.0 Å². The molecule has 5 fully saturated rings. The fourth-order valence-corrected chi connectivity index (χ4v) is 5.92. The number of hydrogen-bond acceptors (Lipinski definition) is 5. The fourth-order valence-electron chi connectivity index (χ4n) is 5.92. The summed E-state index contributed by atoms with van der Waals surface area (Å²) in [7, 11) is 0. The molecule has 5 heteroatoms. The molecule has 0 radical (unpaired) electrons. The minimum atomic E-state index is -0.161. The van der Waals surface area contributed by atoms with Gasteiger partial charge in [0.15, 0.2) is 5.76 Å². The van der Waals surface area contributed by atoms with E-state index in [4.69, 9.17) is 9.26 Å². The van der Waals surface area contributed by atoms with Crippen LogP contribution in [0.15, 0.2) is 4.52 Å². The standard InChI is InChI=1S/C22H30N2O3/c25-21(26-17-11-15-3-4-16(12-17)23-15)18-19(24-27-20(18)14-1-2-14)13-5-7-22(8-6-13)9-10-22/h13-17,23H,1-12H2/t15-,16+,17?. The second-order valence-corrected chi connectivity index (χ2v) is 9.99. The molecule has 5 aliphatic rings. The molecule has 1 spiro atoms. The van der Waals surface area contributed by atoms with Crippen molar-refractivity contribution in [2.45, 2.75) is 107 Å². The van der Waals surface area contributed by atoms with Crippen LogP contribution in [-0.4, -0.2) is 29.3 Å². The number of hydrogen-bond donors (Lipinski definition) is 1. The zero-order valence-corrected chi connectivity index (χ0v) is 16.0. The third-order valence-electron chi connectivity index (χ3n) is 7.99. The van der Waals surface area contributed by atoms with E-state index in [-0.39, 0.29) is 12.1 Å². The van der Waals surface area contributed by atoms with Gasteiger partial charge < -0.3 is 14.6 Å². The van der Waals surface area contributed by atoms with Gasteiger partial charge in [-0.1, -0.05) is 5.16 Å². The maximum absolute atomic E-state index is 13.2. The lowest BCUT2D eigenvalue weighted by molar-refractivity contribution is 0.0173. The third-order valence-corrected chi connectivity index (χ3v) is 7.99. The monoisotopic (exact) mass is 370 g/mol. The summed E-state index contributed by atoms with van der Waals surface area (Å²) in [4.78, 5) is 13.2. The quantitative estimate of drug-likeness (QED) is 0.794. The lowest BCUT2D eigenvalue weighted by Crippen LogP contribution is -2.42. The molecule has 1 aromatic heterocycles. The number of esters is 1. The number of ether oxygens (including phenoxy) is 1. The molecular formula is C22H30N2O3. The molecule has 3 aliphatic carbocycles. The Balaban J connectivity index is 1.22. The number of rotatable bonds is 4. The topological polar surface area (TPSA) is 64.4 Å². The first-order chi connectivity index (χ1) is 13.2. The third kappa shape index (κ3) is 3.02. The van der Waals surface area contributed by atoms with Crippen LogP contribution < -0.4 is 5.32 Å². The first-order valence-electron chi connectivity index (χ1n) is 11.2. The number of piperidine rings is 1. The van der Waals surface area contributed by atoms with E-state index >= 15 is 0 Å². The first kappa shape index (κ1) is 16.6. The Morgan fingerprint density at radius 3 is 2.30 bits per heavy atom. The minimum absolute atomic E-state index is 0.0483. The highest BCUT2D eigenvalue weighted by Gasteiger charge is 2.47. The van der Waals surface area contributed by atoms with E-state index < -0.39 is 0 Å². The number of carbonyl (C=O) groups is 1. The summed E-state index contributed by atoms with van der Waals surface area (Å²) in [6, 6.07) is 1.05. The van der Waals surface area contributed by atoms with E-state index in [2.05, 4.69) is 10.5 Å². The number of carbonyl (C=O) groups excluding carboxylic acids is 1. The Hall–Kier alpha value is -1.36. The molecule has 0 amide bonds. The van der Waals surface area contributed by atoms with Gasteiger partial charge >= 0.3 is 5.97 Å². The average Bonchev–Trinajstić information content (AvgIpc) is 3.58. The Kier molecular flexibility index (Phi) is 3.73. The molecule has 2 bridgehead atoms. The second kappa shape index (κ2) is 6.07. The van der Waals surface area contributed by atoms with Crippen molar-refractivity contribution in [2.75, 3.05) is 0 Å². The van der Waals surface area contributed by atoms with E-state index in [0.717, 1.165) is 50.0 Å². The van der Waals surface area contributed by atoms with Crippen LogP contribution in [-0.2, 0) is 4.74 Å². The van der Waals surface area contributed by atoms with E-state index in [1.54, 1.807) is 0 Å². The summed E-state index contributed by atoms with van der Waals surface area (Å²) in [5.41, 5.74) is 2.27. The maximum Gasteiger partial charge on any atom is 0.344 e. The van der Waals surface area contributed by atoms with Crippen LogP contribution in [0.2, 0.25) is 0 Å². The summed E-state index contributed by atoms with van der Waals surface area (Å²) >= 11 is 0. The summed E-state index contributed by atoms with van der Waals surface area (Å²) in [5.74, 6) is 1.42. The van der Waals surface area contributed by atoms with Gasteiger partial charge in [-0.25, -0.2) is 4.79 Å². The summed E-state index contributed by atoms with van der Waals surface area (Å²) in [6.07, 6.45) is 14.3.